The maximum atomic E-state index is 11.9. The number of unbranched alkanes of at least 4 members (excludes halogenated alkanes) is 13. The highest BCUT2D eigenvalue weighted by Crippen LogP contribution is 2.16. The first-order chi connectivity index (χ1) is 14.0. The van der Waals surface area contributed by atoms with Crippen LogP contribution in [-0.2, 0) is 14.4 Å². The highest BCUT2D eigenvalue weighted by molar-refractivity contribution is 5.83. The summed E-state index contributed by atoms with van der Waals surface area (Å²) in [4.78, 5) is 33.4. The maximum absolute atomic E-state index is 11.9. The van der Waals surface area contributed by atoms with E-state index in [1.54, 1.807) is 0 Å². The van der Waals surface area contributed by atoms with E-state index in [1.165, 1.54) is 57.8 Å². The first-order valence-corrected chi connectivity index (χ1v) is 11.9. The second kappa shape index (κ2) is 19.9. The molecule has 5 heteroatoms. The summed E-state index contributed by atoms with van der Waals surface area (Å²) in [6.45, 7) is 1.95. The van der Waals surface area contributed by atoms with E-state index >= 15 is 0 Å². The average molecular weight is 413 g/mol. The molecule has 0 aliphatic heterocycles. The van der Waals surface area contributed by atoms with Crippen LogP contribution in [0.15, 0.2) is 0 Å². The van der Waals surface area contributed by atoms with Gasteiger partial charge in [-0.05, 0) is 19.3 Å². The highest BCUT2D eigenvalue weighted by Gasteiger charge is 2.19. The summed E-state index contributed by atoms with van der Waals surface area (Å²) in [5.41, 5.74) is 0. The first-order valence-electron chi connectivity index (χ1n) is 11.9. The van der Waals surface area contributed by atoms with E-state index in [1.807, 2.05) is 6.92 Å². The minimum absolute atomic E-state index is 0.104. The molecule has 0 aliphatic rings. The van der Waals surface area contributed by atoms with Crippen molar-refractivity contribution in [3.05, 3.63) is 0 Å². The summed E-state index contributed by atoms with van der Waals surface area (Å²) in [6.07, 6.45) is 18.7. The second-order valence-electron chi connectivity index (χ2n) is 8.41. The van der Waals surface area contributed by atoms with Gasteiger partial charge in [-0.25, -0.2) is 0 Å². The fourth-order valence-electron chi connectivity index (χ4n) is 3.76. The third-order valence-corrected chi connectivity index (χ3v) is 5.56. The molecule has 0 aromatic carbocycles. The fraction of sp³-hybridized carbons (Fsp3) is 0.875. The van der Waals surface area contributed by atoms with Gasteiger partial charge < -0.3 is 10.2 Å². The van der Waals surface area contributed by atoms with Crippen molar-refractivity contribution in [3.63, 3.8) is 0 Å². The number of hydrogen-bond acceptors (Lipinski definition) is 3. The van der Waals surface area contributed by atoms with Gasteiger partial charge in [-0.2, -0.15) is 0 Å². The number of rotatable bonds is 22. The Kier molecular flexibility index (Phi) is 19.0. The summed E-state index contributed by atoms with van der Waals surface area (Å²) in [5, 5.41) is 17.7. The van der Waals surface area contributed by atoms with Gasteiger partial charge in [0.25, 0.3) is 0 Å². The van der Waals surface area contributed by atoms with Crippen molar-refractivity contribution in [2.45, 2.75) is 129 Å². The Hall–Kier alpha value is -1.39. The molecule has 29 heavy (non-hydrogen) atoms. The zero-order valence-electron chi connectivity index (χ0n) is 18.6. The van der Waals surface area contributed by atoms with Crippen LogP contribution in [0.2, 0.25) is 0 Å². The Bertz CT molecular complexity index is 433. The Morgan fingerprint density at radius 3 is 1.34 bits per heavy atom. The van der Waals surface area contributed by atoms with Gasteiger partial charge in [-0.1, -0.05) is 90.4 Å². The summed E-state index contributed by atoms with van der Waals surface area (Å²) in [7, 11) is 0. The van der Waals surface area contributed by atoms with Crippen molar-refractivity contribution in [2.24, 2.45) is 5.92 Å². The predicted molar refractivity (Wildman–Crippen MR) is 117 cm³/mol. The van der Waals surface area contributed by atoms with Crippen LogP contribution >= 0.6 is 0 Å². The van der Waals surface area contributed by atoms with Crippen molar-refractivity contribution in [2.75, 3.05) is 0 Å². The molecule has 0 bridgehead atoms. The van der Waals surface area contributed by atoms with Gasteiger partial charge in [0.1, 0.15) is 5.78 Å². The van der Waals surface area contributed by atoms with Crippen LogP contribution in [0.3, 0.4) is 0 Å². The van der Waals surface area contributed by atoms with Gasteiger partial charge in [0.15, 0.2) is 0 Å². The maximum Gasteiger partial charge on any atom is 0.306 e. The zero-order chi connectivity index (χ0) is 21.7. The molecule has 0 unspecified atom stereocenters. The van der Waals surface area contributed by atoms with Crippen molar-refractivity contribution in [3.8, 4) is 0 Å². The number of carboxylic acids is 2. The molecule has 0 aromatic heterocycles. The highest BCUT2D eigenvalue weighted by atomic mass is 16.4. The SMILES string of the molecule is CCC[C@H](CC(=O)CCCCCCCCCCCCCCCCC(=O)O)C(=O)O. The monoisotopic (exact) mass is 412 g/mol. The van der Waals surface area contributed by atoms with Crippen molar-refractivity contribution >= 4 is 17.7 Å². The van der Waals surface area contributed by atoms with E-state index in [9.17, 15) is 14.4 Å². The Labute approximate surface area is 177 Å². The molecule has 0 spiro atoms. The minimum Gasteiger partial charge on any atom is -0.481 e. The van der Waals surface area contributed by atoms with Crippen LogP contribution in [0.5, 0.6) is 0 Å². The number of carboxylic acid groups (broad SMARTS) is 2. The Morgan fingerprint density at radius 2 is 1.00 bits per heavy atom. The summed E-state index contributed by atoms with van der Waals surface area (Å²) < 4.78 is 0. The molecule has 0 heterocycles. The van der Waals surface area contributed by atoms with E-state index in [4.69, 9.17) is 10.2 Å². The van der Waals surface area contributed by atoms with Crippen LogP contribution in [-0.4, -0.2) is 27.9 Å². The quantitative estimate of drug-likeness (QED) is 0.191. The summed E-state index contributed by atoms with van der Waals surface area (Å²) in [6, 6.07) is 0. The topological polar surface area (TPSA) is 91.7 Å². The standard InChI is InChI=1S/C24H44O5/c1-2-17-21(24(28)29)20-22(25)18-15-13-11-9-7-5-3-4-6-8-10-12-14-16-19-23(26)27/h21H,2-20H2,1H3,(H,26,27)(H,28,29)/t21-/m1/s1. The molecule has 0 fully saturated rings. The number of hydrogen-bond donors (Lipinski definition) is 2. The van der Waals surface area contributed by atoms with Crippen molar-refractivity contribution in [1.29, 1.82) is 0 Å². The number of ketones is 1. The molecular formula is C24H44O5. The second-order valence-corrected chi connectivity index (χ2v) is 8.41. The number of Topliss-reactive ketones (excluding diaryl/α,β-unsaturated/α-hetero) is 1. The molecule has 0 radical (unpaired) electrons. The van der Waals surface area contributed by atoms with E-state index in [-0.39, 0.29) is 12.2 Å². The number of aliphatic carboxylic acids is 2. The molecule has 0 rings (SSSR count). The smallest absolute Gasteiger partial charge is 0.306 e. The van der Waals surface area contributed by atoms with Gasteiger partial charge in [0.05, 0.1) is 5.92 Å². The van der Waals surface area contributed by atoms with Crippen LogP contribution < -0.4 is 0 Å². The summed E-state index contributed by atoms with van der Waals surface area (Å²) in [5.74, 6) is -1.91. The molecule has 0 saturated carbocycles. The van der Waals surface area contributed by atoms with Gasteiger partial charge >= 0.3 is 11.9 Å². The minimum atomic E-state index is -0.837. The molecule has 1 atom stereocenters. The molecule has 0 amide bonds. The lowest BCUT2D eigenvalue weighted by Crippen LogP contribution is -2.17. The molecule has 0 saturated heterocycles. The van der Waals surface area contributed by atoms with Crippen molar-refractivity contribution < 1.29 is 24.6 Å². The van der Waals surface area contributed by atoms with E-state index in [0.29, 0.717) is 19.3 Å². The van der Waals surface area contributed by atoms with Gasteiger partial charge in [-0.3, -0.25) is 14.4 Å². The molecule has 0 aliphatic carbocycles. The van der Waals surface area contributed by atoms with Crippen LogP contribution in [0.1, 0.15) is 129 Å². The first kappa shape index (κ1) is 27.6. The largest absolute Gasteiger partial charge is 0.481 e. The third kappa shape index (κ3) is 19.7. The average Bonchev–Trinajstić information content (AvgIpc) is 2.67. The van der Waals surface area contributed by atoms with E-state index in [2.05, 4.69) is 0 Å². The lowest BCUT2D eigenvalue weighted by molar-refractivity contribution is -0.144. The lowest BCUT2D eigenvalue weighted by atomic mass is 9.95. The zero-order valence-corrected chi connectivity index (χ0v) is 18.6. The third-order valence-electron chi connectivity index (χ3n) is 5.56. The number of carbonyl (C=O) groups excluding carboxylic acids is 1. The lowest BCUT2D eigenvalue weighted by Gasteiger charge is -2.09. The van der Waals surface area contributed by atoms with Crippen LogP contribution in [0, 0.1) is 5.92 Å². The van der Waals surface area contributed by atoms with Gasteiger partial charge in [0.2, 0.25) is 0 Å². The van der Waals surface area contributed by atoms with Crippen LogP contribution in [0.25, 0.3) is 0 Å². The molecule has 170 valence electrons. The molecule has 2 N–H and O–H groups in total. The van der Waals surface area contributed by atoms with Crippen molar-refractivity contribution in [1.82, 2.24) is 0 Å². The Morgan fingerprint density at radius 1 is 0.621 bits per heavy atom. The molecule has 5 nitrogen and oxygen atoms in total. The molecule has 0 aromatic rings. The Balaban J connectivity index is 3.32. The fourth-order valence-corrected chi connectivity index (χ4v) is 3.76. The summed E-state index contributed by atoms with van der Waals surface area (Å²) >= 11 is 0. The molecular weight excluding hydrogens is 368 g/mol. The van der Waals surface area contributed by atoms with Gasteiger partial charge in [0, 0.05) is 19.3 Å². The van der Waals surface area contributed by atoms with E-state index < -0.39 is 17.9 Å². The predicted octanol–water partition coefficient (Wildman–Crippen LogP) is 6.77. The van der Waals surface area contributed by atoms with Crippen LogP contribution in [0.4, 0.5) is 0 Å². The van der Waals surface area contributed by atoms with Gasteiger partial charge in [-0.15, -0.1) is 0 Å². The number of carbonyl (C=O) groups is 3. The normalized spacial score (nSPS) is 12.0. The van der Waals surface area contributed by atoms with E-state index in [0.717, 1.165) is 38.5 Å².